The fraction of sp³-hybridized carbons (Fsp3) is 0.381. The molecule has 0 spiro atoms. The van der Waals surface area contributed by atoms with Gasteiger partial charge in [-0.2, -0.15) is 5.10 Å². The summed E-state index contributed by atoms with van der Waals surface area (Å²) >= 11 is 1.67. The van der Waals surface area contributed by atoms with Crippen molar-refractivity contribution in [3.63, 3.8) is 0 Å². The van der Waals surface area contributed by atoms with Gasteiger partial charge in [-0.05, 0) is 43.2 Å². The monoisotopic (exact) mass is 412 g/mol. The number of ether oxygens (including phenoxy) is 1. The molecule has 2 aromatic heterocycles. The summed E-state index contributed by atoms with van der Waals surface area (Å²) in [6.07, 6.45) is 1.94. The van der Waals surface area contributed by atoms with E-state index in [9.17, 15) is 0 Å². The number of nitrogens with one attached hydrogen (secondary N) is 2. The van der Waals surface area contributed by atoms with Gasteiger partial charge in [-0.15, -0.1) is 11.3 Å². The number of thiazole rings is 1. The van der Waals surface area contributed by atoms with Crippen molar-refractivity contribution < 1.29 is 4.74 Å². The lowest BCUT2D eigenvalue weighted by molar-refractivity contribution is 0.414. The van der Waals surface area contributed by atoms with Crippen molar-refractivity contribution in [3.05, 3.63) is 58.3 Å². The summed E-state index contributed by atoms with van der Waals surface area (Å²) in [6.45, 7) is 8.31. The smallest absolute Gasteiger partial charge is 0.191 e. The Kier molecular flexibility index (Phi) is 7.24. The Morgan fingerprint density at radius 1 is 1.21 bits per heavy atom. The highest BCUT2D eigenvalue weighted by atomic mass is 32.1. The molecule has 29 heavy (non-hydrogen) atoms. The van der Waals surface area contributed by atoms with Gasteiger partial charge < -0.3 is 15.4 Å². The quantitative estimate of drug-likeness (QED) is 0.436. The van der Waals surface area contributed by atoms with E-state index in [2.05, 4.69) is 51.9 Å². The molecule has 0 amide bonds. The third kappa shape index (κ3) is 5.80. The Labute approximate surface area is 175 Å². The average molecular weight is 413 g/mol. The maximum Gasteiger partial charge on any atom is 0.191 e. The number of hydrogen-bond donors (Lipinski definition) is 2. The lowest BCUT2D eigenvalue weighted by Crippen LogP contribution is -2.36. The third-order valence-corrected chi connectivity index (χ3v) is 5.16. The largest absolute Gasteiger partial charge is 0.497 e. The number of nitrogens with zero attached hydrogens (tertiary/aromatic N) is 4. The second-order valence-corrected chi connectivity index (χ2v) is 7.76. The minimum Gasteiger partial charge on any atom is -0.497 e. The fourth-order valence-electron chi connectivity index (χ4n) is 2.66. The van der Waals surface area contributed by atoms with Gasteiger partial charge in [0.05, 0.1) is 37.3 Å². The van der Waals surface area contributed by atoms with Gasteiger partial charge in [-0.1, -0.05) is 13.8 Å². The summed E-state index contributed by atoms with van der Waals surface area (Å²) in [5.74, 6) is 2.03. The van der Waals surface area contributed by atoms with Crippen molar-refractivity contribution in [3.8, 4) is 11.4 Å². The number of aliphatic imine (C=N–C) groups is 1. The molecule has 0 atom stereocenters. The van der Waals surface area contributed by atoms with E-state index in [4.69, 9.17) is 4.74 Å². The van der Waals surface area contributed by atoms with Crippen molar-refractivity contribution in [2.75, 3.05) is 13.7 Å². The van der Waals surface area contributed by atoms with Crippen LogP contribution in [0.2, 0.25) is 0 Å². The fourth-order valence-corrected chi connectivity index (χ4v) is 3.55. The lowest BCUT2D eigenvalue weighted by atomic mass is 10.2. The van der Waals surface area contributed by atoms with Gasteiger partial charge in [-0.3, -0.25) is 0 Å². The molecule has 1 aromatic carbocycles. The van der Waals surface area contributed by atoms with Gasteiger partial charge in [0.2, 0.25) is 0 Å². The van der Waals surface area contributed by atoms with Crippen LogP contribution < -0.4 is 15.4 Å². The number of guanidine groups is 1. The molecule has 8 heteroatoms. The van der Waals surface area contributed by atoms with Gasteiger partial charge in [-0.25, -0.2) is 14.7 Å². The van der Waals surface area contributed by atoms with E-state index >= 15 is 0 Å². The predicted octanol–water partition coefficient (Wildman–Crippen LogP) is 3.72. The van der Waals surface area contributed by atoms with Crippen LogP contribution in [0.3, 0.4) is 0 Å². The molecular formula is C21H28N6OS. The maximum absolute atomic E-state index is 5.20. The van der Waals surface area contributed by atoms with Gasteiger partial charge in [0, 0.05) is 18.1 Å². The van der Waals surface area contributed by atoms with E-state index in [0.29, 0.717) is 19.0 Å². The molecule has 3 rings (SSSR count). The molecule has 2 N–H and O–H groups in total. The van der Waals surface area contributed by atoms with Gasteiger partial charge in [0.1, 0.15) is 10.8 Å². The second kappa shape index (κ2) is 10.1. The molecule has 0 aliphatic heterocycles. The van der Waals surface area contributed by atoms with Crippen molar-refractivity contribution in [1.82, 2.24) is 25.4 Å². The van der Waals surface area contributed by atoms with Gasteiger partial charge >= 0.3 is 0 Å². The van der Waals surface area contributed by atoms with Crippen LogP contribution in [0.5, 0.6) is 5.75 Å². The number of hydrogen-bond acceptors (Lipinski definition) is 5. The Bertz CT molecular complexity index is 929. The Balaban J connectivity index is 1.61. The van der Waals surface area contributed by atoms with E-state index in [1.54, 1.807) is 18.4 Å². The zero-order valence-electron chi connectivity index (χ0n) is 17.3. The number of methoxy groups -OCH3 is 1. The first-order chi connectivity index (χ1) is 14.1. The zero-order valence-corrected chi connectivity index (χ0v) is 18.2. The average Bonchev–Trinajstić information content (AvgIpc) is 3.40. The minimum absolute atomic E-state index is 0.447. The molecule has 0 saturated carbocycles. The molecule has 0 radical (unpaired) electrons. The Morgan fingerprint density at radius 3 is 2.66 bits per heavy atom. The number of aromatic nitrogens is 3. The summed E-state index contributed by atoms with van der Waals surface area (Å²) in [4.78, 5) is 9.31. The SMILES string of the molecule is CCNC(=NCc1ccn(-c2ccc(OC)cc2)n1)NCc1nc(C(C)C)cs1. The molecular weight excluding hydrogens is 384 g/mol. The molecule has 3 aromatic rings. The van der Waals surface area contributed by atoms with E-state index < -0.39 is 0 Å². The van der Waals surface area contributed by atoms with Gasteiger partial charge in [0.15, 0.2) is 5.96 Å². The first-order valence-corrected chi connectivity index (χ1v) is 10.6. The summed E-state index contributed by atoms with van der Waals surface area (Å²) in [5.41, 5.74) is 3.02. The van der Waals surface area contributed by atoms with E-state index in [1.807, 2.05) is 41.2 Å². The van der Waals surface area contributed by atoms with E-state index in [0.717, 1.165) is 40.3 Å². The number of benzene rings is 1. The predicted molar refractivity (Wildman–Crippen MR) is 118 cm³/mol. The molecule has 0 saturated heterocycles. The zero-order chi connectivity index (χ0) is 20.6. The summed E-state index contributed by atoms with van der Waals surface area (Å²) in [6, 6.07) is 9.78. The van der Waals surface area contributed by atoms with Crippen LogP contribution in [-0.2, 0) is 13.1 Å². The molecule has 0 aliphatic carbocycles. The molecule has 0 bridgehead atoms. The van der Waals surface area contributed by atoms with Gasteiger partial charge in [0.25, 0.3) is 0 Å². The summed E-state index contributed by atoms with van der Waals surface area (Å²) in [7, 11) is 1.66. The lowest BCUT2D eigenvalue weighted by Gasteiger charge is -2.09. The summed E-state index contributed by atoms with van der Waals surface area (Å²) < 4.78 is 7.04. The highest BCUT2D eigenvalue weighted by Gasteiger charge is 2.07. The van der Waals surface area contributed by atoms with Crippen molar-refractivity contribution in [1.29, 1.82) is 0 Å². The van der Waals surface area contributed by atoms with Crippen LogP contribution in [0.4, 0.5) is 0 Å². The second-order valence-electron chi connectivity index (χ2n) is 6.82. The highest BCUT2D eigenvalue weighted by Crippen LogP contribution is 2.17. The molecule has 0 fully saturated rings. The highest BCUT2D eigenvalue weighted by molar-refractivity contribution is 7.09. The first kappa shape index (κ1) is 20.9. The molecule has 154 valence electrons. The van der Waals surface area contributed by atoms with Crippen LogP contribution in [0.25, 0.3) is 5.69 Å². The van der Waals surface area contributed by atoms with Crippen molar-refractivity contribution in [2.24, 2.45) is 4.99 Å². The normalized spacial score (nSPS) is 11.7. The number of rotatable bonds is 8. The first-order valence-electron chi connectivity index (χ1n) is 9.74. The van der Waals surface area contributed by atoms with Crippen molar-refractivity contribution in [2.45, 2.75) is 39.8 Å². The van der Waals surface area contributed by atoms with Crippen LogP contribution in [-0.4, -0.2) is 34.4 Å². The standard InChI is InChI=1S/C21H28N6OS/c1-5-22-21(24-13-20-25-19(14-29-20)15(2)3)23-12-16-10-11-27(26-16)17-6-8-18(28-4)9-7-17/h6-11,14-15H,5,12-13H2,1-4H3,(H2,22,23,24). The van der Waals surface area contributed by atoms with Crippen molar-refractivity contribution >= 4 is 17.3 Å². The van der Waals surface area contributed by atoms with Crippen LogP contribution >= 0.6 is 11.3 Å². The summed E-state index contributed by atoms with van der Waals surface area (Å²) in [5, 5.41) is 14.4. The van der Waals surface area contributed by atoms with Crippen LogP contribution in [0.15, 0.2) is 46.9 Å². The Hall–Kier alpha value is -2.87. The third-order valence-electron chi connectivity index (χ3n) is 4.29. The van der Waals surface area contributed by atoms with Crippen LogP contribution in [0.1, 0.15) is 43.1 Å². The molecule has 0 aliphatic rings. The van der Waals surface area contributed by atoms with E-state index in [-0.39, 0.29) is 0 Å². The Morgan fingerprint density at radius 2 is 2.00 bits per heavy atom. The van der Waals surface area contributed by atoms with E-state index in [1.165, 1.54) is 0 Å². The minimum atomic E-state index is 0.447. The van der Waals surface area contributed by atoms with Crippen LogP contribution in [0, 0.1) is 0 Å². The molecule has 0 unspecified atom stereocenters. The topological polar surface area (TPSA) is 76.4 Å². The molecule has 2 heterocycles. The maximum atomic E-state index is 5.20. The molecule has 7 nitrogen and oxygen atoms in total.